The van der Waals surface area contributed by atoms with Crippen molar-refractivity contribution in [3.05, 3.63) is 221 Å². The van der Waals surface area contributed by atoms with E-state index in [1.165, 1.54) is 55.6 Å². The summed E-state index contributed by atoms with van der Waals surface area (Å²) in [7, 11) is 0. The van der Waals surface area contributed by atoms with Crippen LogP contribution in [0.3, 0.4) is 0 Å². The third kappa shape index (κ3) is 4.22. The Morgan fingerprint density at radius 1 is 0.370 bits per heavy atom. The van der Waals surface area contributed by atoms with E-state index in [1.54, 1.807) is 0 Å². The quantitative estimate of drug-likeness (QED) is 0.183. The molecule has 256 valence electrons. The number of benzene rings is 8. The fourth-order valence-electron chi connectivity index (χ4n) is 9.72. The second-order valence-corrected chi connectivity index (χ2v) is 15.3. The molecule has 0 N–H and O–H groups in total. The van der Waals surface area contributed by atoms with Gasteiger partial charge in [0.25, 0.3) is 0 Å². The first-order chi connectivity index (χ1) is 26.5. The maximum absolute atomic E-state index is 6.18. The van der Waals surface area contributed by atoms with Crippen molar-refractivity contribution in [1.82, 2.24) is 0 Å². The fraction of sp³-hybridized carbons (Fsp3) is 0.0769. The molecule has 0 bridgehead atoms. The number of hydrogen-bond acceptors (Lipinski definition) is 2. The minimum Gasteiger partial charge on any atom is -0.456 e. The molecule has 2 nitrogen and oxygen atoms in total. The molecule has 1 spiro atoms. The van der Waals surface area contributed by atoms with Crippen molar-refractivity contribution in [3.63, 3.8) is 0 Å². The van der Waals surface area contributed by atoms with Crippen LogP contribution in [0.1, 0.15) is 47.2 Å². The Bertz CT molecular complexity index is 2860. The highest BCUT2D eigenvalue weighted by Crippen LogP contribution is 2.62. The van der Waals surface area contributed by atoms with Crippen LogP contribution in [0.15, 0.2) is 192 Å². The molecule has 0 fully saturated rings. The highest BCUT2D eigenvalue weighted by Gasteiger charge is 2.53. The van der Waals surface area contributed by atoms with Crippen molar-refractivity contribution >= 4 is 39.0 Å². The molecule has 0 radical (unpaired) electrons. The summed E-state index contributed by atoms with van der Waals surface area (Å²) in [6, 6.07) is 68.9. The third-order valence-corrected chi connectivity index (χ3v) is 12.1. The van der Waals surface area contributed by atoms with Gasteiger partial charge in [-0.25, -0.2) is 0 Å². The summed E-state index contributed by atoms with van der Waals surface area (Å²) >= 11 is 0. The van der Waals surface area contributed by atoms with Crippen LogP contribution >= 0.6 is 0 Å². The van der Waals surface area contributed by atoms with E-state index in [2.05, 4.69) is 195 Å². The average Bonchev–Trinajstić information content (AvgIpc) is 3.74. The maximum Gasteiger partial charge on any atom is 0.135 e. The predicted octanol–water partition coefficient (Wildman–Crippen LogP) is 13.7. The Labute approximate surface area is 315 Å². The molecule has 8 aromatic carbocycles. The number of rotatable bonds is 4. The molecule has 11 rings (SSSR count). The Morgan fingerprint density at radius 2 is 0.907 bits per heavy atom. The molecular formula is C52H37NO. The highest BCUT2D eigenvalue weighted by atomic mass is 16.3. The van der Waals surface area contributed by atoms with E-state index in [1.807, 2.05) is 12.1 Å². The lowest BCUT2D eigenvalue weighted by atomic mass is 9.55. The standard InChI is InChI=1S/C52H37NO/c1-51(2)45-19-9-11-21-47(45)52(48-22-12-10-20-46(48)51)43-18-8-6-16-39(43)41-32-35(26-30-44(41)52)34-24-27-37(28-25-34)53(36-14-4-3-5-15-36)38-29-31-50-42(33-38)40-17-7-13-23-49(40)54-50/h3-33H,1-2H3. The van der Waals surface area contributed by atoms with Gasteiger partial charge in [-0.05, 0) is 110 Å². The number of para-hydroxylation sites is 2. The normalized spacial score (nSPS) is 14.4. The Morgan fingerprint density at radius 3 is 1.65 bits per heavy atom. The van der Waals surface area contributed by atoms with E-state index in [-0.39, 0.29) is 10.8 Å². The summed E-state index contributed by atoms with van der Waals surface area (Å²) in [5, 5.41) is 2.24. The van der Waals surface area contributed by atoms with E-state index in [0.717, 1.165) is 39.0 Å². The lowest BCUT2D eigenvalue weighted by Gasteiger charge is -2.46. The second-order valence-electron chi connectivity index (χ2n) is 15.3. The summed E-state index contributed by atoms with van der Waals surface area (Å²) in [4.78, 5) is 2.33. The highest BCUT2D eigenvalue weighted by molar-refractivity contribution is 6.06. The van der Waals surface area contributed by atoms with Crippen molar-refractivity contribution in [2.75, 3.05) is 4.90 Å². The monoisotopic (exact) mass is 691 g/mol. The van der Waals surface area contributed by atoms with Crippen LogP contribution in [-0.4, -0.2) is 0 Å². The molecule has 1 heterocycles. The SMILES string of the molecule is CC1(C)c2ccccc2C2(c3ccccc3-c3cc(-c4ccc(N(c5ccccc5)c5ccc6oc7ccccc7c6c5)cc4)ccc32)c2ccccc21. The van der Waals surface area contributed by atoms with Crippen LogP contribution in [-0.2, 0) is 10.8 Å². The Kier molecular flexibility index (Phi) is 6.55. The van der Waals surface area contributed by atoms with Gasteiger partial charge in [0.2, 0.25) is 0 Å². The van der Waals surface area contributed by atoms with Crippen molar-refractivity contribution in [2.45, 2.75) is 24.7 Å². The van der Waals surface area contributed by atoms with Crippen LogP contribution < -0.4 is 4.90 Å². The first kappa shape index (κ1) is 30.9. The van der Waals surface area contributed by atoms with Gasteiger partial charge in [0, 0.05) is 33.2 Å². The van der Waals surface area contributed by atoms with E-state index in [9.17, 15) is 0 Å². The third-order valence-electron chi connectivity index (χ3n) is 12.1. The minimum absolute atomic E-state index is 0.108. The van der Waals surface area contributed by atoms with E-state index in [4.69, 9.17) is 4.42 Å². The van der Waals surface area contributed by atoms with Crippen molar-refractivity contribution in [3.8, 4) is 22.3 Å². The van der Waals surface area contributed by atoms with E-state index in [0.29, 0.717) is 0 Å². The number of furan rings is 1. The molecule has 2 heteroatoms. The predicted molar refractivity (Wildman–Crippen MR) is 223 cm³/mol. The fourth-order valence-corrected chi connectivity index (χ4v) is 9.72. The van der Waals surface area contributed by atoms with Crippen LogP contribution in [0.4, 0.5) is 17.1 Å². The molecular weight excluding hydrogens is 655 g/mol. The van der Waals surface area contributed by atoms with E-state index < -0.39 is 0 Å². The number of fused-ring (bicyclic) bond motifs is 12. The second kappa shape index (κ2) is 11.4. The lowest BCUT2D eigenvalue weighted by Crippen LogP contribution is -2.40. The van der Waals surface area contributed by atoms with Gasteiger partial charge in [-0.1, -0.05) is 147 Å². The zero-order chi connectivity index (χ0) is 36.0. The average molecular weight is 692 g/mol. The topological polar surface area (TPSA) is 16.4 Å². The van der Waals surface area contributed by atoms with Crippen LogP contribution in [0.5, 0.6) is 0 Å². The molecule has 0 amide bonds. The van der Waals surface area contributed by atoms with Gasteiger partial charge < -0.3 is 9.32 Å². The summed E-state index contributed by atoms with van der Waals surface area (Å²) in [6.07, 6.45) is 0. The van der Waals surface area contributed by atoms with Gasteiger partial charge in [0.05, 0.1) is 5.41 Å². The molecule has 0 unspecified atom stereocenters. The van der Waals surface area contributed by atoms with Crippen LogP contribution in [0.2, 0.25) is 0 Å². The van der Waals surface area contributed by atoms with Crippen molar-refractivity contribution in [2.24, 2.45) is 0 Å². The first-order valence-electron chi connectivity index (χ1n) is 18.8. The Balaban J connectivity index is 1.05. The van der Waals surface area contributed by atoms with Gasteiger partial charge in [-0.15, -0.1) is 0 Å². The number of anilines is 3. The number of nitrogens with zero attached hydrogens (tertiary/aromatic N) is 1. The summed E-state index contributed by atoms with van der Waals surface area (Å²) in [5.41, 5.74) is 17.9. The lowest BCUT2D eigenvalue weighted by molar-refractivity contribution is 0.563. The van der Waals surface area contributed by atoms with Gasteiger partial charge >= 0.3 is 0 Å². The zero-order valence-electron chi connectivity index (χ0n) is 30.3. The van der Waals surface area contributed by atoms with Gasteiger partial charge in [0.1, 0.15) is 11.2 Å². The molecule has 0 saturated carbocycles. The molecule has 2 aliphatic rings. The largest absolute Gasteiger partial charge is 0.456 e. The molecule has 54 heavy (non-hydrogen) atoms. The summed E-state index contributed by atoms with van der Waals surface area (Å²) in [5.74, 6) is 0. The van der Waals surface area contributed by atoms with Gasteiger partial charge in [-0.2, -0.15) is 0 Å². The van der Waals surface area contributed by atoms with Crippen LogP contribution in [0, 0.1) is 0 Å². The maximum atomic E-state index is 6.18. The van der Waals surface area contributed by atoms with Gasteiger partial charge in [-0.3, -0.25) is 0 Å². The van der Waals surface area contributed by atoms with Crippen molar-refractivity contribution < 1.29 is 4.42 Å². The molecule has 0 atom stereocenters. The smallest absolute Gasteiger partial charge is 0.135 e. The molecule has 2 aliphatic carbocycles. The summed E-state index contributed by atoms with van der Waals surface area (Å²) in [6.45, 7) is 4.76. The van der Waals surface area contributed by atoms with E-state index >= 15 is 0 Å². The minimum atomic E-state index is -0.380. The van der Waals surface area contributed by atoms with Crippen LogP contribution in [0.25, 0.3) is 44.2 Å². The molecule has 0 saturated heterocycles. The Hall–Kier alpha value is -6.64. The number of hydrogen-bond donors (Lipinski definition) is 0. The molecule has 0 aliphatic heterocycles. The first-order valence-corrected chi connectivity index (χ1v) is 18.8. The summed E-state index contributed by atoms with van der Waals surface area (Å²) < 4.78 is 6.18. The zero-order valence-corrected chi connectivity index (χ0v) is 30.3. The molecule has 1 aromatic heterocycles. The molecule has 9 aromatic rings. The van der Waals surface area contributed by atoms with Gasteiger partial charge in [0.15, 0.2) is 0 Å². The van der Waals surface area contributed by atoms with Crippen molar-refractivity contribution in [1.29, 1.82) is 0 Å².